The van der Waals surface area contributed by atoms with Crippen molar-refractivity contribution in [3.63, 3.8) is 0 Å². The maximum atomic E-state index is 12.1. The maximum absolute atomic E-state index is 12.1. The zero-order chi connectivity index (χ0) is 16.5. The van der Waals surface area contributed by atoms with Gasteiger partial charge in [-0.1, -0.05) is 0 Å². The van der Waals surface area contributed by atoms with E-state index in [0.717, 1.165) is 24.3 Å². The monoisotopic (exact) mass is 301 g/mol. The highest BCUT2D eigenvalue weighted by molar-refractivity contribution is 6.04. The van der Waals surface area contributed by atoms with Crippen molar-refractivity contribution in [2.24, 2.45) is 5.10 Å². The van der Waals surface area contributed by atoms with Crippen molar-refractivity contribution >= 4 is 17.7 Å². The number of esters is 2. The highest BCUT2D eigenvalue weighted by Crippen LogP contribution is 2.40. The predicted octanol–water partition coefficient (Wildman–Crippen LogP) is -0.192. The molecule has 0 aromatic rings. The lowest BCUT2D eigenvalue weighted by Gasteiger charge is -2.33. The number of nitrogens with zero attached hydrogens (tertiary/aromatic N) is 5. The summed E-state index contributed by atoms with van der Waals surface area (Å²) in [6.07, 6.45) is 2.97. The molecule has 0 aliphatic carbocycles. The van der Waals surface area contributed by atoms with E-state index in [4.69, 9.17) is 0 Å². The van der Waals surface area contributed by atoms with E-state index in [9.17, 15) is 20.1 Å². The Hall–Kier alpha value is -3.33. The van der Waals surface area contributed by atoms with Crippen LogP contribution >= 0.6 is 0 Å². The zero-order valence-corrected chi connectivity index (χ0v) is 12.0. The lowest BCUT2D eigenvalue weighted by Crippen LogP contribution is -2.48. The topological polar surface area (TPSA) is 119 Å². The van der Waals surface area contributed by atoms with Gasteiger partial charge in [-0.15, -0.1) is 0 Å². The van der Waals surface area contributed by atoms with Gasteiger partial charge >= 0.3 is 11.9 Å². The first kappa shape index (κ1) is 15.1. The third-order valence-corrected chi connectivity index (χ3v) is 3.13. The Labute approximate surface area is 125 Å². The summed E-state index contributed by atoms with van der Waals surface area (Å²) >= 11 is 0. The largest absolute Gasteiger partial charge is 0.465 e. The van der Waals surface area contributed by atoms with E-state index < -0.39 is 23.1 Å². The van der Waals surface area contributed by atoms with Gasteiger partial charge in [0.1, 0.15) is 17.7 Å². The standard InChI is InChI=1S/C13H11N5O4/c1-8-4-5-17-10(12(20)22-3)9(11(19)21-2)13(6-14,7-15)18(17)16-8/h4-5H,1-3H3. The third-order valence-electron chi connectivity index (χ3n) is 3.13. The smallest absolute Gasteiger partial charge is 0.357 e. The molecule has 0 saturated carbocycles. The highest BCUT2D eigenvalue weighted by Gasteiger charge is 2.58. The molecular weight excluding hydrogens is 290 g/mol. The molecule has 9 nitrogen and oxygen atoms in total. The number of hydrazine groups is 1. The van der Waals surface area contributed by atoms with E-state index in [1.165, 1.54) is 6.20 Å². The summed E-state index contributed by atoms with van der Waals surface area (Å²) in [6.45, 7) is 1.64. The van der Waals surface area contributed by atoms with Crippen LogP contribution in [0.1, 0.15) is 6.92 Å². The minimum atomic E-state index is -2.12. The predicted molar refractivity (Wildman–Crippen MR) is 70.9 cm³/mol. The number of rotatable bonds is 2. The number of allylic oxidation sites excluding steroid dienone is 1. The Kier molecular flexibility index (Phi) is 3.57. The number of ether oxygens (including phenoxy) is 2. The number of hydrogen-bond donors (Lipinski definition) is 0. The average molecular weight is 301 g/mol. The molecule has 0 saturated heterocycles. The summed E-state index contributed by atoms with van der Waals surface area (Å²) in [5.41, 5.74) is -2.36. The molecule has 0 N–H and O–H groups in total. The normalized spacial score (nSPS) is 18.1. The van der Waals surface area contributed by atoms with Crippen molar-refractivity contribution in [2.45, 2.75) is 12.5 Å². The van der Waals surface area contributed by atoms with E-state index in [1.54, 1.807) is 25.1 Å². The lowest BCUT2D eigenvalue weighted by molar-refractivity contribution is -0.140. The van der Waals surface area contributed by atoms with Gasteiger partial charge in [0.05, 0.1) is 19.9 Å². The minimum Gasteiger partial charge on any atom is -0.465 e. The van der Waals surface area contributed by atoms with Crippen LogP contribution < -0.4 is 0 Å². The molecule has 112 valence electrons. The third kappa shape index (κ3) is 1.80. The number of hydrazone groups is 1. The van der Waals surface area contributed by atoms with E-state index in [-0.39, 0.29) is 5.70 Å². The quantitative estimate of drug-likeness (QED) is 0.644. The molecule has 0 atom stereocenters. The van der Waals surface area contributed by atoms with Crippen LogP contribution in [0.15, 0.2) is 28.6 Å². The van der Waals surface area contributed by atoms with Crippen molar-refractivity contribution in [3.05, 3.63) is 23.5 Å². The second kappa shape index (κ2) is 5.22. The highest BCUT2D eigenvalue weighted by atomic mass is 16.5. The van der Waals surface area contributed by atoms with Crippen molar-refractivity contribution in [1.82, 2.24) is 10.1 Å². The van der Waals surface area contributed by atoms with E-state index >= 15 is 0 Å². The molecule has 2 heterocycles. The first-order valence-electron chi connectivity index (χ1n) is 6.03. The minimum absolute atomic E-state index is 0.287. The van der Waals surface area contributed by atoms with Gasteiger partial charge in [0, 0.05) is 6.20 Å². The Morgan fingerprint density at radius 3 is 2.32 bits per heavy atom. The summed E-state index contributed by atoms with van der Waals surface area (Å²) in [7, 11) is 2.20. The zero-order valence-electron chi connectivity index (χ0n) is 12.0. The molecule has 0 aromatic carbocycles. The molecule has 0 spiro atoms. The molecule has 0 radical (unpaired) electrons. The Balaban J connectivity index is 2.81. The van der Waals surface area contributed by atoms with Crippen molar-refractivity contribution < 1.29 is 19.1 Å². The average Bonchev–Trinajstić information content (AvgIpc) is 2.83. The second-order valence-corrected chi connectivity index (χ2v) is 4.33. The van der Waals surface area contributed by atoms with Gasteiger partial charge in [-0.25, -0.2) is 14.6 Å². The van der Waals surface area contributed by atoms with E-state index in [1.807, 2.05) is 0 Å². The molecule has 0 fully saturated rings. The van der Waals surface area contributed by atoms with Crippen molar-refractivity contribution in [2.75, 3.05) is 14.2 Å². The lowest BCUT2D eigenvalue weighted by atomic mass is 9.92. The summed E-state index contributed by atoms with van der Waals surface area (Å²) in [5.74, 6) is -1.88. The Bertz CT molecular complexity index is 708. The molecule has 2 aliphatic rings. The summed E-state index contributed by atoms with van der Waals surface area (Å²) < 4.78 is 9.26. The van der Waals surface area contributed by atoms with Crippen LogP contribution in [0.2, 0.25) is 0 Å². The first-order valence-corrected chi connectivity index (χ1v) is 6.03. The molecule has 2 rings (SSSR count). The summed E-state index contributed by atoms with van der Waals surface area (Å²) in [5, 5.41) is 25.1. The molecule has 0 amide bonds. The summed E-state index contributed by atoms with van der Waals surface area (Å²) in [6, 6.07) is 3.47. The second-order valence-electron chi connectivity index (χ2n) is 4.33. The molecule has 0 aromatic heterocycles. The van der Waals surface area contributed by atoms with Gasteiger partial charge in [0.25, 0.3) is 5.54 Å². The van der Waals surface area contributed by atoms with E-state index in [0.29, 0.717) is 5.71 Å². The summed E-state index contributed by atoms with van der Waals surface area (Å²) in [4.78, 5) is 24.1. The number of fused-ring (bicyclic) bond motifs is 1. The molecule has 0 bridgehead atoms. The van der Waals surface area contributed by atoms with Crippen LogP contribution in [0.3, 0.4) is 0 Å². The number of nitriles is 2. The van der Waals surface area contributed by atoms with Crippen molar-refractivity contribution in [1.29, 1.82) is 10.5 Å². The van der Waals surface area contributed by atoms with Crippen molar-refractivity contribution in [3.8, 4) is 12.1 Å². The van der Waals surface area contributed by atoms with Gasteiger partial charge in [-0.2, -0.15) is 20.7 Å². The SMILES string of the molecule is COC(=O)C1=C(C(=O)OC)C(C#N)(C#N)N2N=C(C)C=CN12. The van der Waals surface area contributed by atoms with Crippen LogP contribution in [0.25, 0.3) is 0 Å². The molecule has 9 heteroatoms. The van der Waals surface area contributed by atoms with Gasteiger partial charge in [0.15, 0.2) is 5.70 Å². The molecular formula is C13H11N5O4. The Morgan fingerprint density at radius 1 is 1.23 bits per heavy atom. The number of methoxy groups -OCH3 is 2. The van der Waals surface area contributed by atoms with Crippen LogP contribution in [-0.2, 0) is 19.1 Å². The number of hydrogen-bond acceptors (Lipinski definition) is 9. The number of carbonyl (C=O) groups is 2. The number of carbonyl (C=O) groups excluding carboxylic acids is 2. The fourth-order valence-electron chi connectivity index (χ4n) is 2.13. The van der Waals surface area contributed by atoms with Gasteiger partial charge in [-0.05, 0) is 13.0 Å². The first-order chi connectivity index (χ1) is 10.5. The van der Waals surface area contributed by atoms with Gasteiger partial charge in [-0.3, -0.25) is 0 Å². The fraction of sp³-hybridized carbons (Fsp3) is 0.308. The molecule has 0 unspecified atom stereocenters. The van der Waals surface area contributed by atoms with Crippen LogP contribution in [0, 0.1) is 22.7 Å². The van der Waals surface area contributed by atoms with Crippen LogP contribution in [0.5, 0.6) is 0 Å². The maximum Gasteiger partial charge on any atom is 0.357 e. The van der Waals surface area contributed by atoms with Crippen LogP contribution in [-0.4, -0.2) is 47.5 Å². The van der Waals surface area contributed by atoms with Gasteiger partial charge < -0.3 is 9.47 Å². The van der Waals surface area contributed by atoms with Gasteiger partial charge in [0.2, 0.25) is 0 Å². The van der Waals surface area contributed by atoms with E-state index in [2.05, 4.69) is 14.6 Å². The fourth-order valence-corrected chi connectivity index (χ4v) is 2.13. The Morgan fingerprint density at radius 2 is 1.82 bits per heavy atom. The molecule has 2 aliphatic heterocycles. The molecule has 22 heavy (non-hydrogen) atoms. The van der Waals surface area contributed by atoms with Crippen LogP contribution in [0.4, 0.5) is 0 Å².